The first-order valence-corrected chi connectivity index (χ1v) is 8.27. The van der Waals surface area contributed by atoms with Gasteiger partial charge in [-0.25, -0.2) is 9.37 Å². The number of fused-ring (bicyclic) bond motifs is 1. The van der Waals surface area contributed by atoms with Crippen LogP contribution >= 0.6 is 0 Å². The Morgan fingerprint density at radius 2 is 2.18 bits per heavy atom. The number of aromatic amines is 1. The molecule has 1 aliphatic rings. The first-order chi connectivity index (χ1) is 13.5. The lowest BCUT2D eigenvalue weighted by Gasteiger charge is -2.29. The van der Waals surface area contributed by atoms with E-state index in [1.807, 2.05) is 0 Å². The SMILES string of the molecule is O=c1[nH]c(/C=C/c2ccc([N+](=O)[O-])o2)nc2cc(F)c(N3CCONC3)cc12. The van der Waals surface area contributed by atoms with Gasteiger partial charge in [0.15, 0.2) is 0 Å². The number of anilines is 1. The molecule has 1 aliphatic heterocycles. The molecule has 2 aromatic heterocycles. The standard InChI is InChI=1S/C17H14FN5O5/c18-12-8-13-11(7-14(12)22-5-6-27-19-9-22)17(24)21-15(20-13)3-1-10-2-4-16(28-10)23(25)26/h1-4,7-8,19H,5-6,9H2,(H,20,21,24)/b3-1+. The minimum absolute atomic E-state index is 0.164. The Bertz CT molecular complexity index is 1130. The molecule has 144 valence electrons. The maximum Gasteiger partial charge on any atom is 0.433 e. The highest BCUT2D eigenvalue weighted by Gasteiger charge is 2.17. The third-order valence-corrected chi connectivity index (χ3v) is 4.15. The molecule has 0 unspecified atom stereocenters. The molecule has 28 heavy (non-hydrogen) atoms. The molecule has 0 amide bonds. The predicted molar refractivity (Wildman–Crippen MR) is 97.9 cm³/mol. The smallest absolute Gasteiger partial charge is 0.401 e. The van der Waals surface area contributed by atoms with E-state index in [1.165, 1.54) is 36.4 Å². The van der Waals surface area contributed by atoms with Crippen molar-refractivity contribution in [3.05, 3.63) is 62.1 Å². The van der Waals surface area contributed by atoms with Crippen LogP contribution in [0.4, 0.5) is 16.0 Å². The van der Waals surface area contributed by atoms with Crippen LogP contribution in [-0.2, 0) is 4.84 Å². The van der Waals surface area contributed by atoms with Gasteiger partial charge >= 0.3 is 5.88 Å². The van der Waals surface area contributed by atoms with Crippen LogP contribution in [0.1, 0.15) is 11.6 Å². The second-order valence-electron chi connectivity index (χ2n) is 5.95. The fourth-order valence-corrected chi connectivity index (χ4v) is 2.82. The van der Waals surface area contributed by atoms with E-state index < -0.39 is 22.2 Å². The number of H-pyrrole nitrogens is 1. The van der Waals surface area contributed by atoms with Crippen LogP contribution in [0, 0.1) is 15.9 Å². The highest BCUT2D eigenvalue weighted by atomic mass is 19.1. The summed E-state index contributed by atoms with van der Waals surface area (Å²) in [4.78, 5) is 36.0. The summed E-state index contributed by atoms with van der Waals surface area (Å²) in [5.74, 6) is -0.523. The first-order valence-electron chi connectivity index (χ1n) is 8.27. The number of rotatable bonds is 4. The molecule has 0 aliphatic carbocycles. The van der Waals surface area contributed by atoms with Crippen molar-refractivity contribution in [1.82, 2.24) is 15.4 Å². The maximum absolute atomic E-state index is 14.5. The fraction of sp³-hybridized carbons (Fsp3) is 0.176. The van der Waals surface area contributed by atoms with Gasteiger partial charge in [0.1, 0.15) is 22.3 Å². The number of nitro groups is 1. The third-order valence-electron chi connectivity index (χ3n) is 4.15. The van der Waals surface area contributed by atoms with Gasteiger partial charge in [0.25, 0.3) is 5.56 Å². The Kier molecular flexibility index (Phi) is 4.59. The van der Waals surface area contributed by atoms with Crippen LogP contribution in [0.2, 0.25) is 0 Å². The van der Waals surface area contributed by atoms with Crippen LogP contribution in [0.25, 0.3) is 23.1 Å². The summed E-state index contributed by atoms with van der Waals surface area (Å²) in [5.41, 5.74) is 2.71. The van der Waals surface area contributed by atoms with Gasteiger partial charge in [-0.1, -0.05) is 0 Å². The van der Waals surface area contributed by atoms with Gasteiger partial charge in [-0.3, -0.25) is 19.7 Å². The average molecular weight is 387 g/mol. The third kappa shape index (κ3) is 3.48. The number of aromatic nitrogens is 2. The number of nitrogens with one attached hydrogen (secondary N) is 2. The van der Waals surface area contributed by atoms with E-state index in [9.17, 15) is 19.3 Å². The Morgan fingerprint density at radius 3 is 2.89 bits per heavy atom. The van der Waals surface area contributed by atoms with Crippen LogP contribution in [-0.4, -0.2) is 34.7 Å². The largest absolute Gasteiger partial charge is 0.433 e. The highest BCUT2D eigenvalue weighted by Crippen LogP contribution is 2.24. The van der Waals surface area contributed by atoms with Crippen LogP contribution in [0.3, 0.4) is 0 Å². The second-order valence-corrected chi connectivity index (χ2v) is 5.95. The number of hydroxylamine groups is 1. The van der Waals surface area contributed by atoms with Crippen molar-refractivity contribution in [1.29, 1.82) is 0 Å². The van der Waals surface area contributed by atoms with Crippen molar-refractivity contribution in [2.24, 2.45) is 0 Å². The summed E-state index contributed by atoms with van der Waals surface area (Å²) in [5, 5.41) is 10.9. The molecule has 4 rings (SSSR count). The molecule has 1 saturated heterocycles. The van der Waals surface area contributed by atoms with Crippen molar-refractivity contribution < 1.29 is 18.6 Å². The predicted octanol–water partition coefficient (Wildman–Crippen LogP) is 2.03. The van der Waals surface area contributed by atoms with Crippen LogP contribution in [0.5, 0.6) is 0 Å². The molecule has 10 nitrogen and oxygen atoms in total. The van der Waals surface area contributed by atoms with E-state index in [1.54, 1.807) is 4.90 Å². The summed E-state index contributed by atoms with van der Waals surface area (Å²) in [6.45, 7) is 1.17. The zero-order valence-corrected chi connectivity index (χ0v) is 14.3. The van der Waals surface area contributed by atoms with Gasteiger partial charge in [-0.05, 0) is 24.3 Å². The Balaban J connectivity index is 1.67. The molecule has 0 spiro atoms. The lowest BCUT2D eigenvalue weighted by molar-refractivity contribution is -0.402. The number of benzene rings is 1. The minimum Gasteiger partial charge on any atom is -0.401 e. The van der Waals surface area contributed by atoms with Crippen LogP contribution < -0.4 is 15.9 Å². The summed E-state index contributed by atoms with van der Waals surface area (Å²) in [7, 11) is 0. The summed E-state index contributed by atoms with van der Waals surface area (Å²) < 4.78 is 19.5. The van der Waals surface area contributed by atoms with Gasteiger partial charge in [-0.2, -0.15) is 5.48 Å². The lowest BCUT2D eigenvalue weighted by atomic mass is 10.2. The van der Waals surface area contributed by atoms with Gasteiger partial charge < -0.3 is 14.3 Å². The molecule has 3 heterocycles. The summed E-state index contributed by atoms with van der Waals surface area (Å²) >= 11 is 0. The molecule has 3 aromatic rings. The number of hydrogen-bond acceptors (Lipinski definition) is 8. The second kappa shape index (κ2) is 7.21. The maximum atomic E-state index is 14.5. The molecule has 2 N–H and O–H groups in total. The monoisotopic (exact) mass is 387 g/mol. The average Bonchev–Trinajstić information content (AvgIpc) is 3.16. The van der Waals surface area contributed by atoms with Gasteiger partial charge in [0.05, 0.1) is 35.9 Å². The quantitative estimate of drug-likeness (QED) is 0.514. The normalized spacial score (nSPS) is 14.8. The van der Waals surface area contributed by atoms with Crippen molar-refractivity contribution in [2.45, 2.75) is 0 Å². The molecular formula is C17H14FN5O5. The highest BCUT2D eigenvalue weighted by molar-refractivity contribution is 5.83. The van der Waals surface area contributed by atoms with E-state index >= 15 is 0 Å². The minimum atomic E-state index is -0.655. The number of furan rings is 1. The van der Waals surface area contributed by atoms with Crippen molar-refractivity contribution >= 4 is 34.6 Å². The number of nitrogens with zero attached hydrogens (tertiary/aromatic N) is 3. The Hall–Kier alpha value is -3.57. The Morgan fingerprint density at radius 1 is 1.32 bits per heavy atom. The van der Waals surface area contributed by atoms with Crippen molar-refractivity contribution in [3.8, 4) is 0 Å². The fourth-order valence-electron chi connectivity index (χ4n) is 2.82. The van der Waals surface area contributed by atoms with Crippen molar-refractivity contribution in [3.63, 3.8) is 0 Å². The molecule has 1 aromatic carbocycles. The lowest BCUT2D eigenvalue weighted by Crippen LogP contribution is -2.43. The molecule has 1 fully saturated rings. The van der Waals surface area contributed by atoms with E-state index in [2.05, 4.69) is 15.4 Å². The number of hydrogen-bond donors (Lipinski definition) is 2. The van der Waals surface area contributed by atoms with E-state index in [4.69, 9.17) is 9.25 Å². The van der Waals surface area contributed by atoms with E-state index in [-0.39, 0.29) is 28.2 Å². The van der Waals surface area contributed by atoms with E-state index in [0.717, 1.165) is 0 Å². The molecule has 11 heteroatoms. The van der Waals surface area contributed by atoms with Crippen molar-refractivity contribution in [2.75, 3.05) is 24.7 Å². The molecule has 0 bridgehead atoms. The number of halogens is 1. The zero-order valence-electron chi connectivity index (χ0n) is 14.3. The van der Waals surface area contributed by atoms with Gasteiger partial charge in [0, 0.05) is 12.6 Å². The zero-order chi connectivity index (χ0) is 19.7. The van der Waals surface area contributed by atoms with Gasteiger partial charge in [-0.15, -0.1) is 0 Å². The topological polar surface area (TPSA) is 127 Å². The van der Waals surface area contributed by atoms with Gasteiger partial charge in [0.2, 0.25) is 0 Å². The molecular weight excluding hydrogens is 373 g/mol. The summed E-state index contributed by atoms with van der Waals surface area (Å²) in [6, 6.07) is 5.28. The molecule has 0 radical (unpaired) electrons. The molecule has 0 saturated carbocycles. The van der Waals surface area contributed by atoms with E-state index in [0.29, 0.717) is 19.8 Å². The van der Waals surface area contributed by atoms with Crippen LogP contribution in [0.15, 0.2) is 33.5 Å². The Labute approximate surface area is 156 Å². The first kappa shape index (κ1) is 17.8. The summed E-state index contributed by atoms with van der Waals surface area (Å²) in [6.07, 6.45) is 2.84. The molecule has 0 atom stereocenters.